The molecule has 1 aromatic rings. The van der Waals surface area contributed by atoms with Crippen LogP contribution < -0.4 is 9.47 Å². The molecule has 0 spiro atoms. The number of piperidine rings is 1. The Morgan fingerprint density at radius 1 is 1.08 bits per heavy atom. The van der Waals surface area contributed by atoms with Gasteiger partial charge in [-0.15, -0.1) is 0 Å². The normalized spacial score (nSPS) is 26.7. The second-order valence-electron chi connectivity index (χ2n) is 7.46. The molecule has 25 heavy (non-hydrogen) atoms. The molecule has 3 aliphatic heterocycles. The molecule has 2 fully saturated rings. The number of nitrogens with zero attached hydrogens (tertiary/aromatic N) is 2. The summed E-state index contributed by atoms with van der Waals surface area (Å²) in [5, 5.41) is 0. The SMILES string of the molecule is CC1CCCCN1C(=O)CN1CCCC1c1ccc2c(c1)OCCO2. The average Bonchev–Trinajstić information content (AvgIpc) is 3.09. The zero-order valence-corrected chi connectivity index (χ0v) is 15.1. The van der Waals surface area contributed by atoms with Crippen molar-refractivity contribution in [3.63, 3.8) is 0 Å². The summed E-state index contributed by atoms with van der Waals surface area (Å²) in [5.41, 5.74) is 1.24. The van der Waals surface area contributed by atoms with Gasteiger partial charge in [0.2, 0.25) is 5.91 Å². The Labute approximate surface area is 149 Å². The van der Waals surface area contributed by atoms with E-state index in [1.165, 1.54) is 12.0 Å². The van der Waals surface area contributed by atoms with E-state index in [1.807, 2.05) is 6.07 Å². The summed E-state index contributed by atoms with van der Waals surface area (Å²) in [5.74, 6) is 1.96. The first-order valence-electron chi connectivity index (χ1n) is 9.65. The molecule has 2 saturated heterocycles. The molecule has 0 saturated carbocycles. The molecule has 5 heteroatoms. The van der Waals surface area contributed by atoms with Gasteiger partial charge >= 0.3 is 0 Å². The van der Waals surface area contributed by atoms with Crippen molar-refractivity contribution in [1.82, 2.24) is 9.80 Å². The first-order valence-corrected chi connectivity index (χ1v) is 9.65. The standard InChI is InChI=1S/C20H28N2O3/c1-15-5-2-3-10-22(15)20(23)14-21-9-4-6-17(21)16-7-8-18-19(13-16)25-12-11-24-18/h7-8,13,15,17H,2-6,9-12,14H2,1H3. The number of carbonyl (C=O) groups is 1. The lowest BCUT2D eigenvalue weighted by Crippen LogP contribution is -2.46. The van der Waals surface area contributed by atoms with E-state index < -0.39 is 0 Å². The molecule has 136 valence electrons. The van der Waals surface area contributed by atoms with Gasteiger partial charge in [-0.05, 0) is 63.3 Å². The zero-order valence-electron chi connectivity index (χ0n) is 15.1. The summed E-state index contributed by atoms with van der Waals surface area (Å²) in [4.78, 5) is 17.2. The molecular formula is C20H28N2O3. The third-order valence-corrected chi connectivity index (χ3v) is 5.78. The Balaban J connectivity index is 1.46. The Bertz CT molecular complexity index is 633. The molecule has 0 N–H and O–H groups in total. The van der Waals surface area contributed by atoms with Crippen LogP contribution in [0.2, 0.25) is 0 Å². The Morgan fingerprint density at radius 3 is 2.76 bits per heavy atom. The molecule has 1 aromatic carbocycles. The number of carbonyl (C=O) groups excluding carboxylic acids is 1. The molecule has 3 heterocycles. The van der Waals surface area contributed by atoms with E-state index in [1.54, 1.807) is 0 Å². The van der Waals surface area contributed by atoms with E-state index in [0.29, 0.717) is 31.8 Å². The fourth-order valence-corrected chi connectivity index (χ4v) is 4.39. The zero-order chi connectivity index (χ0) is 17.2. The maximum absolute atomic E-state index is 12.8. The highest BCUT2D eigenvalue weighted by atomic mass is 16.6. The molecule has 0 radical (unpaired) electrons. The van der Waals surface area contributed by atoms with Crippen LogP contribution in [0.5, 0.6) is 11.5 Å². The van der Waals surface area contributed by atoms with Crippen molar-refractivity contribution in [3.8, 4) is 11.5 Å². The van der Waals surface area contributed by atoms with Crippen LogP contribution in [0.25, 0.3) is 0 Å². The number of hydrogen-bond donors (Lipinski definition) is 0. The maximum atomic E-state index is 12.8. The summed E-state index contributed by atoms with van der Waals surface area (Å²) < 4.78 is 11.4. The van der Waals surface area contributed by atoms with Crippen molar-refractivity contribution < 1.29 is 14.3 Å². The van der Waals surface area contributed by atoms with E-state index >= 15 is 0 Å². The van der Waals surface area contributed by atoms with Crippen LogP contribution in [0.15, 0.2) is 18.2 Å². The summed E-state index contributed by atoms with van der Waals surface area (Å²) in [6.45, 7) is 5.85. The predicted molar refractivity (Wildman–Crippen MR) is 96.0 cm³/mol. The van der Waals surface area contributed by atoms with Crippen LogP contribution in [-0.4, -0.2) is 54.6 Å². The molecule has 2 unspecified atom stereocenters. The molecule has 2 atom stereocenters. The number of amides is 1. The van der Waals surface area contributed by atoms with Crippen molar-refractivity contribution in [3.05, 3.63) is 23.8 Å². The van der Waals surface area contributed by atoms with Crippen LogP contribution in [0.4, 0.5) is 0 Å². The van der Waals surface area contributed by atoms with Gasteiger partial charge in [-0.3, -0.25) is 9.69 Å². The number of rotatable bonds is 3. The quantitative estimate of drug-likeness (QED) is 0.845. The molecular weight excluding hydrogens is 316 g/mol. The van der Waals surface area contributed by atoms with E-state index in [4.69, 9.17) is 9.47 Å². The van der Waals surface area contributed by atoms with Gasteiger partial charge < -0.3 is 14.4 Å². The largest absolute Gasteiger partial charge is 0.486 e. The van der Waals surface area contributed by atoms with Crippen LogP contribution in [0.3, 0.4) is 0 Å². The average molecular weight is 344 g/mol. The fourth-order valence-electron chi connectivity index (χ4n) is 4.39. The molecule has 0 aliphatic carbocycles. The first kappa shape index (κ1) is 16.7. The van der Waals surface area contributed by atoms with Crippen molar-refractivity contribution in [1.29, 1.82) is 0 Å². The number of likely N-dealkylation sites (tertiary alicyclic amines) is 2. The minimum atomic E-state index is 0.289. The van der Waals surface area contributed by atoms with Crippen molar-refractivity contribution in [2.45, 2.75) is 51.1 Å². The Morgan fingerprint density at radius 2 is 1.92 bits per heavy atom. The first-order chi connectivity index (χ1) is 12.2. The van der Waals surface area contributed by atoms with Crippen molar-refractivity contribution >= 4 is 5.91 Å². The molecule has 4 rings (SSSR count). The third-order valence-electron chi connectivity index (χ3n) is 5.78. The van der Waals surface area contributed by atoms with Gasteiger partial charge in [0.1, 0.15) is 13.2 Å². The number of ether oxygens (including phenoxy) is 2. The fraction of sp³-hybridized carbons (Fsp3) is 0.650. The van der Waals surface area contributed by atoms with Crippen LogP contribution >= 0.6 is 0 Å². The van der Waals surface area contributed by atoms with Gasteiger partial charge in [-0.25, -0.2) is 0 Å². The highest BCUT2D eigenvalue weighted by Gasteiger charge is 2.31. The summed E-state index contributed by atoms with van der Waals surface area (Å²) in [6, 6.07) is 6.93. The monoisotopic (exact) mass is 344 g/mol. The van der Waals surface area contributed by atoms with Crippen molar-refractivity contribution in [2.75, 3.05) is 32.8 Å². The maximum Gasteiger partial charge on any atom is 0.237 e. The van der Waals surface area contributed by atoms with Crippen LogP contribution in [0.1, 0.15) is 50.6 Å². The lowest BCUT2D eigenvalue weighted by atomic mass is 10.0. The van der Waals surface area contributed by atoms with Gasteiger partial charge in [0.05, 0.1) is 6.54 Å². The number of benzene rings is 1. The third kappa shape index (κ3) is 3.47. The Hall–Kier alpha value is -1.75. The minimum absolute atomic E-state index is 0.289. The van der Waals surface area contributed by atoms with E-state index in [-0.39, 0.29) is 5.91 Å². The second kappa shape index (κ2) is 7.24. The highest BCUT2D eigenvalue weighted by Crippen LogP contribution is 2.38. The van der Waals surface area contributed by atoms with E-state index in [0.717, 1.165) is 50.3 Å². The predicted octanol–water partition coefficient (Wildman–Crippen LogP) is 3.00. The van der Waals surface area contributed by atoms with Crippen LogP contribution in [-0.2, 0) is 4.79 Å². The topological polar surface area (TPSA) is 42.0 Å². The van der Waals surface area contributed by atoms with E-state index in [2.05, 4.69) is 28.9 Å². The lowest BCUT2D eigenvalue weighted by molar-refractivity contribution is -0.135. The summed E-state index contributed by atoms with van der Waals surface area (Å²) >= 11 is 0. The summed E-state index contributed by atoms with van der Waals surface area (Å²) in [6.07, 6.45) is 5.76. The van der Waals surface area contributed by atoms with E-state index in [9.17, 15) is 4.79 Å². The number of fused-ring (bicyclic) bond motifs is 1. The molecule has 3 aliphatic rings. The molecule has 0 aromatic heterocycles. The van der Waals surface area contributed by atoms with Gasteiger partial charge in [-0.1, -0.05) is 6.07 Å². The summed E-state index contributed by atoms with van der Waals surface area (Å²) in [7, 11) is 0. The molecule has 0 bridgehead atoms. The second-order valence-corrected chi connectivity index (χ2v) is 7.46. The number of hydrogen-bond acceptors (Lipinski definition) is 4. The lowest BCUT2D eigenvalue weighted by Gasteiger charge is -2.35. The molecule has 5 nitrogen and oxygen atoms in total. The van der Waals surface area contributed by atoms with Crippen molar-refractivity contribution in [2.24, 2.45) is 0 Å². The van der Waals surface area contributed by atoms with Gasteiger partial charge in [0.25, 0.3) is 0 Å². The van der Waals surface area contributed by atoms with Gasteiger partial charge in [-0.2, -0.15) is 0 Å². The Kier molecular flexibility index (Phi) is 4.84. The minimum Gasteiger partial charge on any atom is -0.486 e. The van der Waals surface area contributed by atoms with Gasteiger partial charge in [0.15, 0.2) is 11.5 Å². The molecule has 1 amide bonds. The highest BCUT2D eigenvalue weighted by molar-refractivity contribution is 5.78. The van der Waals surface area contributed by atoms with Gasteiger partial charge in [0, 0.05) is 18.6 Å². The smallest absolute Gasteiger partial charge is 0.237 e. The van der Waals surface area contributed by atoms with Crippen LogP contribution in [0, 0.1) is 0 Å².